The summed E-state index contributed by atoms with van der Waals surface area (Å²) in [4.78, 5) is 0. The molecule has 0 amide bonds. The highest BCUT2D eigenvalue weighted by Crippen LogP contribution is 2.20. The van der Waals surface area contributed by atoms with E-state index in [1.54, 1.807) is 19.2 Å². The lowest BCUT2D eigenvalue weighted by Crippen LogP contribution is -1.95. The van der Waals surface area contributed by atoms with Gasteiger partial charge in [-0.25, -0.2) is 0 Å². The minimum atomic E-state index is 0.564. The van der Waals surface area contributed by atoms with Gasteiger partial charge in [0.15, 0.2) is 0 Å². The smallest absolute Gasteiger partial charge is 0.120 e. The van der Waals surface area contributed by atoms with Gasteiger partial charge in [-0.3, -0.25) is 0 Å². The Labute approximate surface area is 89.0 Å². The zero-order valence-corrected chi connectivity index (χ0v) is 8.77. The fourth-order valence-corrected chi connectivity index (χ4v) is 1.12. The summed E-state index contributed by atoms with van der Waals surface area (Å²) in [5.74, 6) is 6.63. The largest absolute Gasteiger partial charge is 0.497 e. The Morgan fingerprint density at radius 2 is 2.29 bits per heavy atom. The average Bonchev–Trinajstić information content (AvgIpc) is 2.21. The number of methoxy groups -OCH3 is 1. The molecule has 0 bridgehead atoms. The van der Waals surface area contributed by atoms with Gasteiger partial charge in [0.05, 0.1) is 12.1 Å². The second kappa shape index (κ2) is 5.54. The van der Waals surface area contributed by atoms with E-state index in [1.165, 1.54) is 0 Å². The lowest BCUT2D eigenvalue weighted by molar-refractivity contribution is 0.414. The molecule has 0 radical (unpaired) electrons. The zero-order chi connectivity index (χ0) is 10.4. The van der Waals surface area contributed by atoms with Crippen LogP contribution < -0.4 is 10.5 Å². The molecule has 0 saturated carbocycles. The van der Waals surface area contributed by atoms with E-state index in [9.17, 15) is 0 Å². The maximum absolute atomic E-state index is 5.94. The molecule has 0 heterocycles. The molecule has 0 aliphatic rings. The van der Waals surface area contributed by atoms with Gasteiger partial charge in [0.1, 0.15) is 5.75 Å². The zero-order valence-electron chi connectivity index (χ0n) is 8.01. The fourth-order valence-electron chi connectivity index (χ4n) is 0.957. The van der Waals surface area contributed by atoms with E-state index in [4.69, 9.17) is 22.1 Å². The van der Waals surface area contributed by atoms with Gasteiger partial charge >= 0.3 is 0 Å². The van der Waals surface area contributed by atoms with Crippen LogP contribution in [0.5, 0.6) is 5.75 Å². The van der Waals surface area contributed by atoms with Crippen molar-refractivity contribution >= 4 is 11.6 Å². The number of halogens is 1. The molecule has 1 aromatic carbocycles. The first kappa shape index (κ1) is 10.9. The van der Waals surface area contributed by atoms with Gasteiger partial charge in [-0.1, -0.05) is 23.4 Å². The lowest BCUT2D eigenvalue weighted by atomic mass is 10.2. The first-order valence-electron chi connectivity index (χ1n) is 4.30. The number of rotatable bonds is 2. The third-order valence-electron chi connectivity index (χ3n) is 1.67. The van der Waals surface area contributed by atoms with Gasteiger partial charge < -0.3 is 10.5 Å². The van der Waals surface area contributed by atoms with E-state index in [1.807, 2.05) is 6.07 Å². The highest BCUT2D eigenvalue weighted by molar-refractivity contribution is 6.31. The van der Waals surface area contributed by atoms with Crippen LogP contribution in [0.2, 0.25) is 5.02 Å². The van der Waals surface area contributed by atoms with Crippen LogP contribution >= 0.6 is 11.6 Å². The fraction of sp³-hybridized carbons (Fsp3) is 0.273. The third-order valence-corrected chi connectivity index (χ3v) is 2.00. The normalized spacial score (nSPS) is 9.07. The van der Waals surface area contributed by atoms with Gasteiger partial charge in [0.25, 0.3) is 0 Å². The highest BCUT2D eigenvalue weighted by Gasteiger charge is 1.98. The van der Waals surface area contributed by atoms with Crippen molar-refractivity contribution in [1.82, 2.24) is 0 Å². The molecular formula is C11H12ClNO. The Bertz CT molecular complexity index is 365. The molecule has 0 fully saturated rings. The maximum atomic E-state index is 5.94. The second-order valence-electron chi connectivity index (χ2n) is 2.69. The van der Waals surface area contributed by atoms with Crippen molar-refractivity contribution in [1.29, 1.82) is 0 Å². The standard InChI is InChI=1S/C11H12ClNO/c1-14-10-5-6-11(12)9(8-10)4-2-3-7-13/h5-6,8H,3,7,13H2,1H3. The first-order chi connectivity index (χ1) is 6.77. The van der Waals surface area contributed by atoms with Crippen molar-refractivity contribution in [3.63, 3.8) is 0 Å². The van der Waals surface area contributed by atoms with E-state index >= 15 is 0 Å². The summed E-state index contributed by atoms with van der Waals surface area (Å²) in [6.07, 6.45) is 0.674. The third kappa shape index (κ3) is 2.95. The van der Waals surface area contributed by atoms with Crippen molar-refractivity contribution in [2.45, 2.75) is 6.42 Å². The Balaban J connectivity index is 2.91. The molecule has 0 atom stereocenters. The monoisotopic (exact) mass is 209 g/mol. The quantitative estimate of drug-likeness (QED) is 0.757. The summed E-state index contributed by atoms with van der Waals surface area (Å²) in [5, 5.41) is 0.635. The summed E-state index contributed by atoms with van der Waals surface area (Å²) in [7, 11) is 1.61. The summed E-state index contributed by atoms with van der Waals surface area (Å²) >= 11 is 5.94. The molecule has 1 rings (SSSR count). The molecule has 2 N–H and O–H groups in total. The predicted molar refractivity (Wildman–Crippen MR) is 58.6 cm³/mol. The van der Waals surface area contributed by atoms with Crippen LogP contribution in [0.3, 0.4) is 0 Å². The number of ether oxygens (including phenoxy) is 1. The molecule has 0 aliphatic heterocycles. The number of hydrogen-bond donors (Lipinski definition) is 1. The Morgan fingerprint density at radius 1 is 1.50 bits per heavy atom. The summed E-state index contributed by atoms with van der Waals surface area (Å²) in [5.41, 5.74) is 6.10. The summed E-state index contributed by atoms with van der Waals surface area (Å²) < 4.78 is 5.07. The SMILES string of the molecule is COc1ccc(Cl)c(C#CCCN)c1. The van der Waals surface area contributed by atoms with E-state index in [0.717, 1.165) is 11.3 Å². The second-order valence-corrected chi connectivity index (χ2v) is 3.09. The molecule has 0 saturated heterocycles. The molecule has 74 valence electrons. The summed E-state index contributed by atoms with van der Waals surface area (Å²) in [6, 6.07) is 5.38. The molecule has 1 aromatic rings. The van der Waals surface area contributed by atoms with Gasteiger partial charge in [-0.2, -0.15) is 0 Å². The highest BCUT2D eigenvalue weighted by atomic mass is 35.5. The van der Waals surface area contributed by atoms with Crippen LogP contribution in [0.25, 0.3) is 0 Å². The van der Waals surface area contributed by atoms with Gasteiger partial charge in [-0.15, -0.1) is 0 Å². The molecule has 2 nitrogen and oxygen atoms in total. The molecular weight excluding hydrogens is 198 g/mol. The van der Waals surface area contributed by atoms with E-state index in [2.05, 4.69) is 11.8 Å². The van der Waals surface area contributed by atoms with Crippen molar-refractivity contribution in [3.05, 3.63) is 28.8 Å². The number of benzene rings is 1. The van der Waals surface area contributed by atoms with E-state index < -0.39 is 0 Å². The molecule has 3 heteroatoms. The van der Waals surface area contributed by atoms with Crippen molar-refractivity contribution < 1.29 is 4.74 Å². The minimum Gasteiger partial charge on any atom is -0.497 e. The number of hydrogen-bond acceptors (Lipinski definition) is 2. The van der Waals surface area contributed by atoms with Crippen molar-refractivity contribution in [2.75, 3.05) is 13.7 Å². The molecule has 0 spiro atoms. The van der Waals surface area contributed by atoms with E-state index in [-0.39, 0.29) is 0 Å². The van der Waals surface area contributed by atoms with Crippen LogP contribution in [-0.4, -0.2) is 13.7 Å². The summed E-state index contributed by atoms with van der Waals surface area (Å²) in [6.45, 7) is 0.564. The van der Waals surface area contributed by atoms with Crippen LogP contribution in [0.1, 0.15) is 12.0 Å². The lowest BCUT2D eigenvalue weighted by Gasteiger charge is -2.00. The topological polar surface area (TPSA) is 35.2 Å². The van der Waals surface area contributed by atoms with Crippen LogP contribution in [0.15, 0.2) is 18.2 Å². The van der Waals surface area contributed by atoms with Crippen LogP contribution in [0.4, 0.5) is 0 Å². The Morgan fingerprint density at radius 3 is 2.93 bits per heavy atom. The van der Waals surface area contributed by atoms with E-state index in [0.29, 0.717) is 18.0 Å². The first-order valence-corrected chi connectivity index (χ1v) is 4.68. The van der Waals surface area contributed by atoms with Gasteiger partial charge in [-0.05, 0) is 18.2 Å². The van der Waals surface area contributed by atoms with Crippen molar-refractivity contribution in [2.24, 2.45) is 5.73 Å². The Kier molecular flexibility index (Phi) is 4.31. The minimum absolute atomic E-state index is 0.564. The average molecular weight is 210 g/mol. The van der Waals surface area contributed by atoms with Crippen LogP contribution in [-0.2, 0) is 0 Å². The van der Waals surface area contributed by atoms with Crippen molar-refractivity contribution in [3.8, 4) is 17.6 Å². The molecule has 0 aromatic heterocycles. The molecule has 0 aliphatic carbocycles. The van der Waals surface area contributed by atoms with Crippen LogP contribution in [0, 0.1) is 11.8 Å². The predicted octanol–water partition coefficient (Wildman–Crippen LogP) is 2.05. The van der Waals surface area contributed by atoms with Gasteiger partial charge in [0.2, 0.25) is 0 Å². The van der Waals surface area contributed by atoms with Gasteiger partial charge in [0, 0.05) is 18.5 Å². The maximum Gasteiger partial charge on any atom is 0.120 e. The Hall–Kier alpha value is -1.17. The molecule has 0 unspecified atom stereocenters. The molecule has 14 heavy (non-hydrogen) atoms. The number of nitrogens with two attached hydrogens (primary N) is 1.